The molecule has 0 atom stereocenters. The van der Waals surface area contributed by atoms with E-state index in [-0.39, 0.29) is 24.0 Å². The molecule has 1 aromatic carbocycles. The summed E-state index contributed by atoms with van der Waals surface area (Å²) in [5.74, 6) is 0.478. The van der Waals surface area contributed by atoms with Crippen molar-refractivity contribution in [1.82, 2.24) is 19.5 Å². The molecule has 28 heavy (non-hydrogen) atoms. The number of amides is 2. The standard InChI is InChI=1S/C18H21ClN4O4S/c1-27-17-11-14(5-6-20-17)13-21-18(24)22-7-9-23(10-8-22)28(25,26)16-4-2-3-15(19)12-16/h2-6,11-12H,7-10,13H2,1H3,(H,21,24). The lowest BCUT2D eigenvalue weighted by atomic mass is 10.2. The fourth-order valence-corrected chi connectivity index (χ4v) is 4.59. The molecule has 0 radical (unpaired) electrons. The van der Waals surface area contributed by atoms with Gasteiger partial charge in [-0.15, -0.1) is 0 Å². The number of piperazine rings is 1. The highest BCUT2D eigenvalue weighted by Crippen LogP contribution is 2.21. The van der Waals surface area contributed by atoms with Crippen LogP contribution in [0.25, 0.3) is 0 Å². The lowest BCUT2D eigenvalue weighted by molar-refractivity contribution is 0.172. The predicted molar refractivity (Wildman–Crippen MR) is 105 cm³/mol. The zero-order valence-corrected chi connectivity index (χ0v) is 16.9. The number of methoxy groups -OCH3 is 1. The summed E-state index contributed by atoms with van der Waals surface area (Å²) in [7, 11) is -2.10. The van der Waals surface area contributed by atoms with Crippen molar-refractivity contribution in [1.29, 1.82) is 0 Å². The maximum absolute atomic E-state index is 12.7. The minimum absolute atomic E-state index is 0.157. The number of hydrogen-bond acceptors (Lipinski definition) is 5. The maximum atomic E-state index is 12.7. The number of hydrogen-bond donors (Lipinski definition) is 1. The molecule has 0 bridgehead atoms. The number of carbonyl (C=O) groups is 1. The minimum atomic E-state index is -3.63. The third kappa shape index (κ3) is 4.73. The number of nitrogens with one attached hydrogen (secondary N) is 1. The first-order valence-electron chi connectivity index (χ1n) is 8.67. The Hall–Kier alpha value is -2.36. The van der Waals surface area contributed by atoms with Gasteiger partial charge in [0, 0.05) is 50.0 Å². The van der Waals surface area contributed by atoms with Gasteiger partial charge in [-0.25, -0.2) is 18.2 Å². The summed E-state index contributed by atoms with van der Waals surface area (Å²) in [6.07, 6.45) is 1.61. The molecule has 1 N–H and O–H groups in total. The first-order valence-corrected chi connectivity index (χ1v) is 10.5. The molecule has 1 aliphatic heterocycles. The largest absolute Gasteiger partial charge is 0.481 e. The van der Waals surface area contributed by atoms with Gasteiger partial charge >= 0.3 is 6.03 Å². The number of pyridine rings is 1. The molecule has 2 aromatic rings. The molecule has 8 nitrogen and oxygen atoms in total. The fourth-order valence-electron chi connectivity index (χ4n) is 2.87. The van der Waals surface area contributed by atoms with Crippen molar-refractivity contribution in [2.24, 2.45) is 0 Å². The van der Waals surface area contributed by atoms with Crippen LogP contribution in [-0.4, -0.2) is 61.9 Å². The Bertz CT molecular complexity index is 946. The molecule has 0 aliphatic carbocycles. The first kappa shape index (κ1) is 20.4. The van der Waals surface area contributed by atoms with E-state index in [2.05, 4.69) is 10.3 Å². The molecule has 2 amide bonds. The van der Waals surface area contributed by atoms with Crippen LogP contribution in [0, 0.1) is 0 Å². The maximum Gasteiger partial charge on any atom is 0.317 e. The Balaban J connectivity index is 1.55. The van der Waals surface area contributed by atoms with E-state index in [9.17, 15) is 13.2 Å². The summed E-state index contributed by atoms with van der Waals surface area (Å²) < 4.78 is 31.9. The van der Waals surface area contributed by atoms with Crippen LogP contribution in [0.3, 0.4) is 0 Å². The average molecular weight is 425 g/mol. The Morgan fingerprint density at radius 1 is 1.21 bits per heavy atom. The Morgan fingerprint density at radius 2 is 1.96 bits per heavy atom. The summed E-state index contributed by atoms with van der Waals surface area (Å²) >= 11 is 5.90. The van der Waals surface area contributed by atoms with Gasteiger partial charge in [-0.05, 0) is 29.8 Å². The molecule has 1 aromatic heterocycles. The molecular formula is C18H21ClN4O4S. The van der Waals surface area contributed by atoms with E-state index in [1.54, 1.807) is 35.4 Å². The van der Waals surface area contributed by atoms with Gasteiger partial charge < -0.3 is 15.0 Å². The Kier molecular flexibility index (Phi) is 6.38. The van der Waals surface area contributed by atoms with Crippen molar-refractivity contribution in [3.63, 3.8) is 0 Å². The second-order valence-corrected chi connectivity index (χ2v) is 8.59. The van der Waals surface area contributed by atoms with Crippen LogP contribution in [0.2, 0.25) is 5.02 Å². The third-order valence-corrected chi connectivity index (χ3v) is 6.54. The van der Waals surface area contributed by atoms with Gasteiger partial charge in [0.25, 0.3) is 0 Å². The number of urea groups is 1. The van der Waals surface area contributed by atoms with Crippen molar-refractivity contribution in [3.8, 4) is 5.88 Å². The van der Waals surface area contributed by atoms with Gasteiger partial charge in [0.2, 0.25) is 15.9 Å². The number of sulfonamides is 1. The summed E-state index contributed by atoms with van der Waals surface area (Å²) in [5, 5.41) is 3.20. The molecule has 1 saturated heterocycles. The number of nitrogens with zero attached hydrogens (tertiary/aromatic N) is 3. The molecule has 0 saturated carbocycles. The van der Waals surface area contributed by atoms with E-state index in [4.69, 9.17) is 16.3 Å². The topological polar surface area (TPSA) is 91.8 Å². The fraction of sp³-hybridized carbons (Fsp3) is 0.333. The molecule has 0 spiro atoms. The van der Waals surface area contributed by atoms with Crippen molar-refractivity contribution >= 4 is 27.7 Å². The van der Waals surface area contributed by atoms with Crippen molar-refractivity contribution in [2.75, 3.05) is 33.3 Å². The molecule has 3 rings (SSSR count). The van der Waals surface area contributed by atoms with Crippen LogP contribution < -0.4 is 10.1 Å². The number of carbonyl (C=O) groups excluding carboxylic acids is 1. The van der Waals surface area contributed by atoms with E-state index in [0.717, 1.165) is 5.56 Å². The lowest BCUT2D eigenvalue weighted by Crippen LogP contribution is -2.52. The van der Waals surface area contributed by atoms with Gasteiger partial charge in [0.1, 0.15) is 0 Å². The molecule has 150 valence electrons. The van der Waals surface area contributed by atoms with Crippen LogP contribution in [-0.2, 0) is 16.6 Å². The van der Waals surface area contributed by atoms with Gasteiger partial charge in [-0.1, -0.05) is 17.7 Å². The van der Waals surface area contributed by atoms with E-state index in [0.29, 0.717) is 30.5 Å². The second kappa shape index (κ2) is 8.76. The van der Waals surface area contributed by atoms with Crippen LogP contribution in [0.5, 0.6) is 5.88 Å². The van der Waals surface area contributed by atoms with E-state index >= 15 is 0 Å². The molecule has 1 aliphatic rings. The zero-order chi connectivity index (χ0) is 20.1. The van der Waals surface area contributed by atoms with E-state index in [1.165, 1.54) is 23.5 Å². The average Bonchev–Trinajstić information content (AvgIpc) is 2.72. The quantitative estimate of drug-likeness (QED) is 0.792. The van der Waals surface area contributed by atoms with Crippen molar-refractivity contribution in [3.05, 3.63) is 53.2 Å². The minimum Gasteiger partial charge on any atom is -0.481 e. The predicted octanol–water partition coefficient (Wildman–Crippen LogP) is 1.96. The normalized spacial score (nSPS) is 15.3. The third-order valence-electron chi connectivity index (χ3n) is 4.41. The van der Waals surface area contributed by atoms with Gasteiger partial charge in [0.05, 0.1) is 12.0 Å². The Morgan fingerprint density at radius 3 is 2.64 bits per heavy atom. The zero-order valence-electron chi connectivity index (χ0n) is 15.3. The highest BCUT2D eigenvalue weighted by Gasteiger charge is 2.30. The van der Waals surface area contributed by atoms with Crippen LogP contribution in [0.1, 0.15) is 5.56 Å². The van der Waals surface area contributed by atoms with Gasteiger partial charge in [-0.2, -0.15) is 4.31 Å². The van der Waals surface area contributed by atoms with E-state index in [1.807, 2.05) is 0 Å². The first-order chi connectivity index (χ1) is 13.4. The van der Waals surface area contributed by atoms with Crippen molar-refractivity contribution in [2.45, 2.75) is 11.4 Å². The number of benzene rings is 1. The summed E-state index contributed by atoms with van der Waals surface area (Å²) in [6, 6.07) is 9.47. The van der Waals surface area contributed by atoms with Crippen LogP contribution in [0.4, 0.5) is 4.79 Å². The number of aromatic nitrogens is 1. The lowest BCUT2D eigenvalue weighted by Gasteiger charge is -2.34. The summed E-state index contributed by atoms with van der Waals surface area (Å²) in [4.78, 5) is 18.2. The van der Waals surface area contributed by atoms with Gasteiger partial charge in [0.15, 0.2) is 0 Å². The molecule has 1 fully saturated rings. The van der Waals surface area contributed by atoms with Gasteiger partial charge in [-0.3, -0.25) is 0 Å². The monoisotopic (exact) mass is 424 g/mol. The van der Waals surface area contributed by atoms with Crippen LogP contribution in [0.15, 0.2) is 47.5 Å². The summed E-state index contributed by atoms with van der Waals surface area (Å²) in [6.45, 7) is 1.41. The molecule has 0 unspecified atom stereocenters. The summed E-state index contributed by atoms with van der Waals surface area (Å²) in [5.41, 5.74) is 0.863. The van der Waals surface area contributed by atoms with E-state index < -0.39 is 10.0 Å². The SMILES string of the molecule is COc1cc(CNC(=O)N2CCN(S(=O)(=O)c3cccc(Cl)c3)CC2)ccn1. The molecule has 10 heteroatoms. The molecule has 2 heterocycles. The number of rotatable bonds is 5. The van der Waals surface area contributed by atoms with Crippen molar-refractivity contribution < 1.29 is 17.9 Å². The van der Waals surface area contributed by atoms with Crippen LogP contribution >= 0.6 is 11.6 Å². The second-order valence-electron chi connectivity index (χ2n) is 6.21. The molecular weight excluding hydrogens is 404 g/mol. The smallest absolute Gasteiger partial charge is 0.317 e. The Labute approximate surface area is 169 Å². The number of halogens is 1. The number of ether oxygens (including phenoxy) is 1. The highest BCUT2D eigenvalue weighted by atomic mass is 35.5. The highest BCUT2D eigenvalue weighted by molar-refractivity contribution is 7.89.